The van der Waals surface area contributed by atoms with Crippen molar-refractivity contribution in [3.8, 4) is 23.0 Å². The molecule has 3 aromatic carbocycles. The van der Waals surface area contributed by atoms with Crippen molar-refractivity contribution in [1.82, 2.24) is 4.90 Å². The van der Waals surface area contributed by atoms with E-state index in [0.717, 1.165) is 53.1 Å². The molecule has 0 N–H and O–H groups in total. The van der Waals surface area contributed by atoms with E-state index in [1.165, 1.54) is 11.1 Å². The second-order valence-corrected chi connectivity index (χ2v) is 11.7. The Morgan fingerprint density at radius 2 is 1.81 bits per heavy atom. The van der Waals surface area contributed by atoms with Gasteiger partial charge in [-0.05, 0) is 60.2 Å². The lowest BCUT2D eigenvalue weighted by atomic mass is 9.86. The van der Waals surface area contributed by atoms with Gasteiger partial charge in [0, 0.05) is 23.4 Å². The monoisotopic (exact) mass is 557 g/mol. The first kappa shape index (κ1) is 24.6. The van der Waals surface area contributed by atoms with Gasteiger partial charge in [0.05, 0.1) is 13.7 Å². The zero-order chi connectivity index (χ0) is 25.6. The van der Waals surface area contributed by atoms with E-state index in [1.807, 2.05) is 36.4 Å². The molecule has 0 aliphatic carbocycles. The summed E-state index contributed by atoms with van der Waals surface area (Å²) >= 11 is 20.1. The van der Waals surface area contributed by atoms with Gasteiger partial charge in [-0.15, -0.1) is 0 Å². The number of nitrogens with zero attached hydrogens (tertiary/aromatic N) is 1. The Bertz CT molecular complexity index is 1350. The third kappa shape index (κ3) is 4.58. The van der Waals surface area contributed by atoms with Crippen LogP contribution in [0.25, 0.3) is 11.8 Å². The van der Waals surface area contributed by atoms with Gasteiger partial charge in [-0.3, -0.25) is 0 Å². The van der Waals surface area contributed by atoms with Gasteiger partial charge in [-0.1, -0.05) is 71.2 Å². The van der Waals surface area contributed by atoms with Crippen LogP contribution < -0.4 is 18.9 Å². The first-order valence-electron chi connectivity index (χ1n) is 12.3. The van der Waals surface area contributed by atoms with E-state index in [4.69, 9.17) is 53.8 Å². The van der Waals surface area contributed by atoms with Crippen molar-refractivity contribution in [3.63, 3.8) is 0 Å². The fourth-order valence-corrected chi connectivity index (χ4v) is 6.11. The van der Waals surface area contributed by atoms with Crippen LogP contribution in [0.5, 0.6) is 23.0 Å². The van der Waals surface area contributed by atoms with Gasteiger partial charge in [0.15, 0.2) is 23.0 Å². The van der Waals surface area contributed by atoms with Crippen LogP contribution in [0.2, 0.25) is 0 Å². The largest absolute Gasteiger partial charge is 0.493 e. The predicted molar refractivity (Wildman–Crippen MR) is 147 cm³/mol. The maximum absolute atomic E-state index is 6.71. The van der Waals surface area contributed by atoms with Crippen molar-refractivity contribution in [3.05, 3.63) is 82.4 Å². The summed E-state index contributed by atoms with van der Waals surface area (Å²) in [5.74, 6) is 2.75. The average Bonchev–Trinajstić information content (AvgIpc) is 3.36. The minimum Gasteiger partial charge on any atom is -0.493 e. The summed E-state index contributed by atoms with van der Waals surface area (Å²) in [7, 11) is 1.63. The van der Waals surface area contributed by atoms with E-state index >= 15 is 0 Å². The van der Waals surface area contributed by atoms with Gasteiger partial charge in [-0.2, -0.15) is 0 Å². The number of benzene rings is 3. The van der Waals surface area contributed by atoms with Crippen LogP contribution >= 0.6 is 34.8 Å². The van der Waals surface area contributed by atoms with Crippen LogP contribution in [0.15, 0.2) is 54.6 Å². The first-order chi connectivity index (χ1) is 17.9. The Balaban J connectivity index is 1.39. The summed E-state index contributed by atoms with van der Waals surface area (Å²) in [5, 5.41) is 0. The van der Waals surface area contributed by atoms with Crippen LogP contribution in [0.4, 0.5) is 0 Å². The Hall–Kier alpha value is -2.73. The van der Waals surface area contributed by atoms with E-state index in [1.54, 1.807) is 7.11 Å². The zero-order valence-electron chi connectivity index (χ0n) is 20.3. The van der Waals surface area contributed by atoms with Crippen LogP contribution in [0, 0.1) is 0 Å². The second-order valence-electron chi connectivity index (χ2n) is 9.32. The van der Waals surface area contributed by atoms with Crippen molar-refractivity contribution in [2.45, 2.75) is 29.1 Å². The number of aryl methyl sites for hydroxylation is 1. The van der Waals surface area contributed by atoms with E-state index in [-0.39, 0.29) is 6.79 Å². The summed E-state index contributed by atoms with van der Waals surface area (Å²) in [6.07, 6.45) is 4.68. The number of fused-ring (bicyclic) bond motifs is 5. The number of ether oxygens (including phenoxy) is 4. The standard InChI is InChI=1S/C29H26Cl3NO4/c1-34-23-10-9-20-14-22-21-16-25-24(36-17-37-25)15-19(21)11-12-33(22)28(29(30,31)32)26(20)27(23)35-13-5-8-18-6-3-2-4-7-18/h2-4,6-7,9-10,14-16,28H,5,8,11-13,17H2,1H3/t28-/m0/s1. The molecule has 3 heterocycles. The number of rotatable bonds is 6. The second kappa shape index (κ2) is 9.86. The topological polar surface area (TPSA) is 40.2 Å². The first-order valence-corrected chi connectivity index (χ1v) is 13.4. The molecule has 192 valence electrons. The highest BCUT2D eigenvalue weighted by molar-refractivity contribution is 6.68. The van der Waals surface area contributed by atoms with E-state index in [9.17, 15) is 0 Å². The average molecular weight is 559 g/mol. The molecule has 0 spiro atoms. The highest BCUT2D eigenvalue weighted by atomic mass is 35.6. The highest BCUT2D eigenvalue weighted by Crippen LogP contribution is 2.56. The SMILES string of the molecule is COc1ccc2c(c1OCCCc1ccccc1)[C@@H](C(Cl)(Cl)Cl)N1CCc3cc4c(cc3C1=C2)OCO4. The van der Waals surface area contributed by atoms with Crippen molar-refractivity contribution < 1.29 is 18.9 Å². The molecule has 37 heavy (non-hydrogen) atoms. The molecule has 6 rings (SSSR count). The molecule has 0 aromatic heterocycles. The van der Waals surface area contributed by atoms with Gasteiger partial charge < -0.3 is 23.8 Å². The zero-order valence-corrected chi connectivity index (χ0v) is 22.6. The molecule has 5 nitrogen and oxygen atoms in total. The van der Waals surface area contributed by atoms with Gasteiger partial charge in [0.1, 0.15) is 6.04 Å². The molecular formula is C29H26Cl3NO4. The molecule has 0 saturated carbocycles. The lowest BCUT2D eigenvalue weighted by Gasteiger charge is -2.46. The Labute approximate surface area is 231 Å². The Kier molecular flexibility index (Phi) is 6.56. The quantitative estimate of drug-likeness (QED) is 0.236. The fourth-order valence-electron chi connectivity index (χ4n) is 5.43. The van der Waals surface area contributed by atoms with Crippen LogP contribution in [-0.4, -0.2) is 35.7 Å². The summed E-state index contributed by atoms with van der Waals surface area (Å²) in [5.41, 5.74) is 6.26. The van der Waals surface area contributed by atoms with Crippen LogP contribution in [-0.2, 0) is 12.8 Å². The maximum atomic E-state index is 6.71. The number of hydrogen-bond donors (Lipinski definition) is 0. The molecule has 3 aromatic rings. The Morgan fingerprint density at radius 1 is 1.03 bits per heavy atom. The third-order valence-corrected chi connectivity index (χ3v) is 7.73. The lowest BCUT2D eigenvalue weighted by molar-refractivity contribution is 0.174. The van der Waals surface area contributed by atoms with Gasteiger partial charge in [0.2, 0.25) is 10.6 Å². The van der Waals surface area contributed by atoms with Crippen LogP contribution in [0.1, 0.15) is 40.3 Å². The van der Waals surface area contributed by atoms with Crippen molar-refractivity contribution >= 4 is 46.6 Å². The normalized spacial score (nSPS) is 17.5. The molecular weight excluding hydrogens is 533 g/mol. The van der Waals surface area contributed by atoms with Crippen molar-refractivity contribution in [2.24, 2.45) is 0 Å². The summed E-state index contributed by atoms with van der Waals surface area (Å²) in [6.45, 7) is 1.42. The smallest absolute Gasteiger partial charge is 0.231 e. The third-order valence-electron chi connectivity index (χ3n) is 7.11. The van der Waals surface area contributed by atoms with Gasteiger partial charge >= 0.3 is 0 Å². The lowest BCUT2D eigenvalue weighted by Crippen LogP contribution is -2.41. The molecule has 0 amide bonds. The van der Waals surface area contributed by atoms with Gasteiger partial charge in [0.25, 0.3) is 0 Å². The summed E-state index contributed by atoms with van der Waals surface area (Å²) < 4.78 is 21.7. The molecule has 0 saturated heterocycles. The molecule has 0 unspecified atom stereocenters. The van der Waals surface area contributed by atoms with E-state index in [2.05, 4.69) is 29.2 Å². The summed E-state index contributed by atoms with van der Waals surface area (Å²) in [6, 6.07) is 17.8. The summed E-state index contributed by atoms with van der Waals surface area (Å²) in [4.78, 5) is 2.16. The molecule has 0 radical (unpaired) electrons. The molecule has 3 aliphatic heterocycles. The minimum atomic E-state index is -1.61. The van der Waals surface area contributed by atoms with Gasteiger partial charge in [-0.25, -0.2) is 0 Å². The molecule has 8 heteroatoms. The predicted octanol–water partition coefficient (Wildman–Crippen LogP) is 7.22. The number of hydrogen-bond acceptors (Lipinski definition) is 5. The number of halogens is 3. The van der Waals surface area contributed by atoms with Crippen molar-refractivity contribution in [1.29, 1.82) is 0 Å². The molecule has 0 fully saturated rings. The van der Waals surface area contributed by atoms with Crippen LogP contribution in [0.3, 0.4) is 0 Å². The maximum Gasteiger partial charge on any atom is 0.231 e. The van der Waals surface area contributed by atoms with E-state index in [0.29, 0.717) is 24.7 Å². The molecule has 1 atom stereocenters. The molecule has 3 aliphatic rings. The van der Waals surface area contributed by atoms with E-state index < -0.39 is 9.83 Å². The number of methoxy groups -OCH3 is 1. The molecule has 0 bridgehead atoms. The minimum absolute atomic E-state index is 0.228. The Morgan fingerprint density at radius 3 is 2.57 bits per heavy atom. The van der Waals surface area contributed by atoms with Crippen molar-refractivity contribution in [2.75, 3.05) is 27.1 Å². The highest BCUT2D eigenvalue weighted by Gasteiger charge is 2.46. The fraction of sp³-hybridized carbons (Fsp3) is 0.310. The number of alkyl halides is 3.